The van der Waals surface area contributed by atoms with E-state index in [-0.39, 0.29) is 10.5 Å². The second-order valence-electron chi connectivity index (χ2n) is 6.96. The smallest absolute Gasteiger partial charge is 0.258 e. The number of nitrogens with one attached hydrogen (secondary N) is 2. The standard InChI is InChI=1S/C19H18Cl2N4O3S/c20-13-1-4-15(5-2-13)29(27,28)25-9-7-24(8-10-25)12-18-22-17-11-14(21)3-6-16(17)19(26)23-18/h1-6,11H,7-10,12H2,(H,22,23,26)/p+1. The number of quaternary nitrogens is 1. The highest BCUT2D eigenvalue weighted by Gasteiger charge is 2.30. The molecule has 7 nitrogen and oxygen atoms in total. The normalized spacial score (nSPS) is 16.3. The van der Waals surface area contributed by atoms with E-state index in [1.807, 2.05) is 0 Å². The summed E-state index contributed by atoms with van der Waals surface area (Å²) in [5, 5.41) is 1.51. The van der Waals surface area contributed by atoms with E-state index in [9.17, 15) is 13.2 Å². The zero-order valence-electron chi connectivity index (χ0n) is 15.4. The summed E-state index contributed by atoms with van der Waals surface area (Å²) in [6.07, 6.45) is 0. The number of H-pyrrole nitrogens is 1. The number of nitrogens with zero attached hydrogens (tertiary/aromatic N) is 2. The van der Waals surface area contributed by atoms with E-state index in [4.69, 9.17) is 23.2 Å². The molecule has 2 heterocycles. The minimum absolute atomic E-state index is 0.204. The number of aromatic amines is 1. The quantitative estimate of drug-likeness (QED) is 0.623. The monoisotopic (exact) mass is 453 g/mol. The van der Waals surface area contributed by atoms with E-state index in [1.54, 1.807) is 30.3 Å². The molecule has 4 rings (SSSR count). The number of sulfonamides is 1. The Morgan fingerprint density at radius 2 is 1.69 bits per heavy atom. The maximum atomic E-state index is 12.8. The first-order valence-corrected chi connectivity index (χ1v) is 11.3. The molecule has 0 radical (unpaired) electrons. The van der Waals surface area contributed by atoms with Crippen LogP contribution in [0.3, 0.4) is 0 Å². The lowest BCUT2D eigenvalue weighted by molar-refractivity contribution is -0.917. The van der Waals surface area contributed by atoms with Gasteiger partial charge in [0.05, 0.1) is 42.0 Å². The van der Waals surface area contributed by atoms with Gasteiger partial charge in [0.2, 0.25) is 10.0 Å². The van der Waals surface area contributed by atoms with Crippen LogP contribution in [0.4, 0.5) is 0 Å². The summed E-state index contributed by atoms with van der Waals surface area (Å²) in [7, 11) is -3.54. The SMILES string of the molecule is O=c1[nH]c(C[NH+]2CCN(S(=O)(=O)c3ccc(Cl)cc3)CC2)nc2cc(Cl)ccc12. The molecule has 0 saturated carbocycles. The van der Waals surface area contributed by atoms with Gasteiger partial charge < -0.3 is 9.88 Å². The van der Waals surface area contributed by atoms with Gasteiger partial charge in [-0.05, 0) is 42.5 Å². The fourth-order valence-electron chi connectivity index (χ4n) is 3.46. The van der Waals surface area contributed by atoms with Crippen LogP contribution in [-0.4, -0.2) is 48.9 Å². The fourth-order valence-corrected chi connectivity index (χ4v) is 5.19. The molecule has 0 unspecified atom stereocenters. The van der Waals surface area contributed by atoms with Crippen LogP contribution in [0.2, 0.25) is 10.0 Å². The summed E-state index contributed by atoms with van der Waals surface area (Å²) in [6.45, 7) is 2.52. The van der Waals surface area contributed by atoms with Crippen LogP contribution in [0.1, 0.15) is 5.82 Å². The Balaban J connectivity index is 1.46. The first-order chi connectivity index (χ1) is 13.8. The molecular weight excluding hydrogens is 435 g/mol. The Hall–Kier alpha value is -1.97. The van der Waals surface area contributed by atoms with Crippen molar-refractivity contribution in [3.8, 4) is 0 Å². The minimum Gasteiger partial charge on any atom is -0.326 e. The Bertz CT molecular complexity index is 1200. The molecule has 0 aliphatic carbocycles. The molecule has 1 saturated heterocycles. The van der Waals surface area contributed by atoms with Crippen molar-refractivity contribution in [1.82, 2.24) is 14.3 Å². The fraction of sp³-hybridized carbons (Fsp3) is 0.263. The second-order valence-corrected chi connectivity index (χ2v) is 9.77. The second kappa shape index (κ2) is 8.04. The molecule has 10 heteroatoms. The number of piperazine rings is 1. The summed E-state index contributed by atoms with van der Waals surface area (Å²) in [5.41, 5.74) is 0.352. The Kier molecular flexibility index (Phi) is 5.63. The molecule has 1 aromatic heterocycles. The lowest BCUT2D eigenvalue weighted by atomic mass is 10.2. The van der Waals surface area contributed by atoms with Crippen LogP contribution >= 0.6 is 23.2 Å². The average molecular weight is 454 g/mol. The van der Waals surface area contributed by atoms with Gasteiger partial charge in [0.1, 0.15) is 6.54 Å². The summed E-state index contributed by atoms with van der Waals surface area (Å²) in [5.74, 6) is 0.564. The zero-order valence-corrected chi connectivity index (χ0v) is 17.7. The van der Waals surface area contributed by atoms with Crippen LogP contribution in [0.15, 0.2) is 52.2 Å². The highest BCUT2D eigenvalue weighted by atomic mass is 35.5. The zero-order chi connectivity index (χ0) is 20.6. The molecule has 3 aromatic rings. The predicted octanol–water partition coefficient (Wildman–Crippen LogP) is 1.32. The van der Waals surface area contributed by atoms with Crippen molar-refractivity contribution >= 4 is 44.1 Å². The van der Waals surface area contributed by atoms with E-state index in [1.165, 1.54) is 16.4 Å². The molecular formula is C19H19Cl2N4O3S+. The molecule has 1 fully saturated rings. The highest BCUT2D eigenvalue weighted by Crippen LogP contribution is 2.18. The lowest BCUT2D eigenvalue weighted by Gasteiger charge is -2.31. The van der Waals surface area contributed by atoms with Crippen molar-refractivity contribution in [1.29, 1.82) is 0 Å². The van der Waals surface area contributed by atoms with Gasteiger partial charge in [-0.15, -0.1) is 0 Å². The maximum absolute atomic E-state index is 12.8. The van der Waals surface area contributed by atoms with E-state index < -0.39 is 10.0 Å². The molecule has 0 bridgehead atoms. The summed E-state index contributed by atoms with van der Waals surface area (Å²) >= 11 is 11.9. The van der Waals surface area contributed by atoms with E-state index in [0.717, 1.165) is 4.90 Å². The van der Waals surface area contributed by atoms with Gasteiger partial charge >= 0.3 is 0 Å². The molecule has 1 aliphatic heterocycles. The van der Waals surface area contributed by atoms with Gasteiger partial charge in [-0.25, -0.2) is 13.4 Å². The van der Waals surface area contributed by atoms with Crippen molar-refractivity contribution in [2.75, 3.05) is 26.2 Å². The summed E-state index contributed by atoms with van der Waals surface area (Å²) in [6, 6.07) is 11.2. The Morgan fingerprint density at radius 3 is 2.38 bits per heavy atom. The van der Waals surface area contributed by atoms with Gasteiger partial charge in [0.15, 0.2) is 5.82 Å². The van der Waals surface area contributed by atoms with Gasteiger partial charge in [-0.1, -0.05) is 23.2 Å². The third kappa shape index (κ3) is 4.31. The van der Waals surface area contributed by atoms with Crippen LogP contribution in [0.5, 0.6) is 0 Å². The van der Waals surface area contributed by atoms with E-state index in [0.29, 0.717) is 59.5 Å². The van der Waals surface area contributed by atoms with Crippen molar-refractivity contribution in [3.63, 3.8) is 0 Å². The van der Waals surface area contributed by atoms with Crippen molar-refractivity contribution < 1.29 is 13.3 Å². The molecule has 0 spiro atoms. The van der Waals surface area contributed by atoms with Crippen LogP contribution in [0.25, 0.3) is 10.9 Å². The minimum atomic E-state index is -3.54. The Labute approximate surface area is 177 Å². The predicted molar refractivity (Wildman–Crippen MR) is 112 cm³/mol. The molecule has 2 aromatic carbocycles. The molecule has 1 aliphatic rings. The molecule has 2 N–H and O–H groups in total. The Morgan fingerprint density at radius 1 is 1.03 bits per heavy atom. The number of hydrogen-bond acceptors (Lipinski definition) is 4. The molecule has 0 amide bonds. The molecule has 152 valence electrons. The first-order valence-electron chi connectivity index (χ1n) is 9.11. The van der Waals surface area contributed by atoms with Crippen LogP contribution < -0.4 is 10.5 Å². The number of benzene rings is 2. The lowest BCUT2D eigenvalue weighted by Crippen LogP contribution is -3.13. The number of rotatable bonds is 4. The highest BCUT2D eigenvalue weighted by molar-refractivity contribution is 7.89. The molecule has 29 heavy (non-hydrogen) atoms. The van der Waals surface area contributed by atoms with E-state index >= 15 is 0 Å². The summed E-state index contributed by atoms with van der Waals surface area (Å²) < 4.78 is 27.1. The van der Waals surface area contributed by atoms with Crippen molar-refractivity contribution in [2.45, 2.75) is 11.4 Å². The van der Waals surface area contributed by atoms with Crippen LogP contribution in [-0.2, 0) is 16.6 Å². The van der Waals surface area contributed by atoms with Gasteiger partial charge in [-0.3, -0.25) is 4.79 Å². The third-order valence-electron chi connectivity index (χ3n) is 5.02. The van der Waals surface area contributed by atoms with Crippen molar-refractivity contribution in [2.24, 2.45) is 0 Å². The summed E-state index contributed by atoms with van der Waals surface area (Å²) in [4.78, 5) is 21.0. The van der Waals surface area contributed by atoms with Gasteiger partial charge in [0.25, 0.3) is 5.56 Å². The van der Waals surface area contributed by atoms with Crippen molar-refractivity contribution in [3.05, 3.63) is 68.7 Å². The van der Waals surface area contributed by atoms with Crippen LogP contribution in [0, 0.1) is 0 Å². The number of halogens is 2. The van der Waals surface area contributed by atoms with E-state index in [2.05, 4.69) is 9.97 Å². The van der Waals surface area contributed by atoms with Gasteiger partial charge in [0, 0.05) is 10.0 Å². The maximum Gasteiger partial charge on any atom is 0.258 e. The average Bonchev–Trinajstić information content (AvgIpc) is 2.68. The molecule has 0 atom stereocenters. The topological polar surface area (TPSA) is 87.6 Å². The number of aromatic nitrogens is 2. The van der Waals surface area contributed by atoms with Gasteiger partial charge in [-0.2, -0.15) is 4.31 Å². The number of fused-ring (bicyclic) bond motifs is 1. The third-order valence-corrected chi connectivity index (χ3v) is 7.42. The largest absolute Gasteiger partial charge is 0.326 e. The number of hydrogen-bond donors (Lipinski definition) is 2. The first kappa shape index (κ1) is 20.3.